The third kappa shape index (κ3) is 8.48. The molecule has 0 spiro atoms. The van der Waals surface area contributed by atoms with Gasteiger partial charge in [-0.15, -0.1) is 0 Å². The number of aliphatic hydroxyl groups excluding tert-OH is 1. The number of hydrogen-bond acceptors (Lipinski definition) is 9. The van der Waals surface area contributed by atoms with Crippen molar-refractivity contribution in [2.75, 3.05) is 53.7 Å². The van der Waals surface area contributed by atoms with E-state index in [0.29, 0.717) is 32.1 Å². The van der Waals surface area contributed by atoms with Gasteiger partial charge in [-0.3, -0.25) is 14.5 Å². The standard InChI is InChI=1S/C21H29F2N3O8/c1-31-14-5-3-13(4-6-14)18(28)17(20(30)32-2)25-19(29)15(12-34-21(22)23)24-16(27)11-26-7-9-33-10-8-26/h3-6,15,17-18,21,28H,7-12H2,1-2H3,(H,24,27)(H,25,29)/t15-,17-,18+/m0/s1. The number of amides is 2. The number of carbonyl (C=O) groups is 3. The Kier molecular flexibility index (Phi) is 11.1. The number of esters is 1. The Labute approximate surface area is 195 Å². The maximum atomic E-state index is 12.8. The zero-order chi connectivity index (χ0) is 25.1. The number of benzene rings is 1. The van der Waals surface area contributed by atoms with Crippen LogP contribution < -0.4 is 15.4 Å². The van der Waals surface area contributed by atoms with Crippen LogP contribution in [0.3, 0.4) is 0 Å². The fourth-order valence-corrected chi connectivity index (χ4v) is 3.20. The average Bonchev–Trinajstić information content (AvgIpc) is 2.84. The molecule has 1 aliphatic rings. The third-order valence-corrected chi connectivity index (χ3v) is 5.04. The topological polar surface area (TPSA) is 136 Å². The number of nitrogens with zero attached hydrogens (tertiary/aromatic N) is 1. The fraction of sp³-hybridized carbons (Fsp3) is 0.571. The molecule has 0 radical (unpaired) electrons. The Hall–Kier alpha value is -2.87. The molecule has 0 bridgehead atoms. The summed E-state index contributed by atoms with van der Waals surface area (Å²) >= 11 is 0. The van der Waals surface area contributed by atoms with Crippen LogP contribution in [0.1, 0.15) is 11.7 Å². The van der Waals surface area contributed by atoms with E-state index in [2.05, 4.69) is 20.1 Å². The molecule has 2 amide bonds. The molecule has 190 valence electrons. The molecule has 3 atom stereocenters. The second-order valence-electron chi connectivity index (χ2n) is 7.33. The molecule has 1 heterocycles. The first-order chi connectivity index (χ1) is 16.2. The van der Waals surface area contributed by atoms with Crippen LogP contribution in [-0.4, -0.2) is 100 Å². The number of carbonyl (C=O) groups excluding carboxylic acids is 3. The van der Waals surface area contributed by atoms with Gasteiger partial charge in [0.15, 0.2) is 6.04 Å². The van der Waals surface area contributed by atoms with Gasteiger partial charge in [0.25, 0.3) is 0 Å². The lowest BCUT2D eigenvalue weighted by molar-refractivity contribution is -0.153. The Balaban J connectivity index is 2.11. The van der Waals surface area contributed by atoms with E-state index in [1.807, 2.05) is 0 Å². The van der Waals surface area contributed by atoms with Crippen LogP contribution in [0.2, 0.25) is 0 Å². The summed E-state index contributed by atoms with van der Waals surface area (Å²) in [5.41, 5.74) is 0.258. The van der Waals surface area contributed by atoms with Crippen molar-refractivity contribution in [1.29, 1.82) is 0 Å². The molecule has 0 unspecified atom stereocenters. The maximum Gasteiger partial charge on any atom is 0.345 e. The van der Waals surface area contributed by atoms with Crippen molar-refractivity contribution in [1.82, 2.24) is 15.5 Å². The second kappa shape index (κ2) is 13.7. The van der Waals surface area contributed by atoms with E-state index in [9.17, 15) is 28.3 Å². The van der Waals surface area contributed by atoms with E-state index in [0.717, 1.165) is 7.11 Å². The highest BCUT2D eigenvalue weighted by Gasteiger charge is 2.34. The Morgan fingerprint density at radius 3 is 2.32 bits per heavy atom. The summed E-state index contributed by atoms with van der Waals surface area (Å²) in [5.74, 6) is -2.10. The highest BCUT2D eigenvalue weighted by atomic mass is 19.3. The lowest BCUT2D eigenvalue weighted by atomic mass is 10.0. The SMILES string of the molecule is COC(=O)[C@@H](NC(=O)[C@H](COC(F)F)NC(=O)CN1CCOCC1)[C@H](O)c1ccc(OC)cc1. The Morgan fingerprint density at radius 2 is 1.76 bits per heavy atom. The number of alkyl halides is 2. The molecule has 11 nitrogen and oxygen atoms in total. The minimum absolute atomic E-state index is 0.0866. The number of nitrogens with one attached hydrogen (secondary N) is 2. The van der Waals surface area contributed by atoms with E-state index in [1.165, 1.54) is 19.2 Å². The second-order valence-corrected chi connectivity index (χ2v) is 7.33. The van der Waals surface area contributed by atoms with E-state index in [4.69, 9.17) is 9.47 Å². The summed E-state index contributed by atoms with van der Waals surface area (Å²) in [6.07, 6.45) is -1.54. The molecule has 0 aliphatic carbocycles. The summed E-state index contributed by atoms with van der Waals surface area (Å²) in [5, 5.41) is 15.3. The number of aliphatic hydroxyl groups is 1. The number of methoxy groups -OCH3 is 2. The van der Waals surface area contributed by atoms with Crippen LogP contribution in [0.25, 0.3) is 0 Å². The number of hydrogen-bond donors (Lipinski definition) is 3. The van der Waals surface area contributed by atoms with Crippen molar-refractivity contribution in [3.8, 4) is 5.75 Å². The predicted octanol–water partition coefficient (Wildman–Crippen LogP) is -0.557. The Morgan fingerprint density at radius 1 is 1.12 bits per heavy atom. The van der Waals surface area contributed by atoms with Crippen molar-refractivity contribution in [2.45, 2.75) is 24.8 Å². The summed E-state index contributed by atoms with van der Waals surface area (Å²) < 4.78 is 44.4. The number of rotatable bonds is 12. The Bertz CT molecular complexity index is 806. The van der Waals surface area contributed by atoms with Crippen molar-refractivity contribution in [3.63, 3.8) is 0 Å². The smallest absolute Gasteiger partial charge is 0.345 e. The lowest BCUT2D eigenvalue weighted by Crippen LogP contribution is -2.56. The molecule has 2 rings (SSSR count). The first-order valence-corrected chi connectivity index (χ1v) is 10.4. The summed E-state index contributed by atoms with van der Waals surface area (Å²) in [6.45, 7) is -2.26. The zero-order valence-corrected chi connectivity index (χ0v) is 18.9. The number of morpholine rings is 1. The van der Waals surface area contributed by atoms with Gasteiger partial charge in [0.2, 0.25) is 11.8 Å². The normalized spacial score (nSPS) is 16.9. The van der Waals surface area contributed by atoms with Gasteiger partial charge in [0, 0.05) is 13.1 Å². The highest BCUT2D eigenvalue weighted by Crippen LogP contribution is 2.21. The first kappa shape index (κ1) is 27.4. The molecule has 1 aliphatic heterocycles. The summed E-state index contributed by atoms with van der Waals surface area (Å²) in [7, 11) is 2.52. The first-order valence-electron chi connectivity index (χ1n) is 10.4. The molecular weight excluding hydrogens is 460 g/mol. The molecule has 1 aromatic rings. The van der Waals surface area contributed by atoms with Gasteiger partial charge in [-0.05, 0) is 17.7 Å². The number of halogens is 2. The van der Waals surface area contributed by atoms with Crippen LogP contribution in [0.15, 0.2) is 24.3 Å². The highest BCUT2D eigenvalue weighted by molar-refractivity contribution is 5.91. The molecule has 0 aromatic heterocycles. The van der Waals surface area contributed by atoms with E-state index in [1.54, 1.807) is 17.0 Å². The molecule has 0 saturated carbocycles. The zero-order valence-electron chi connectivity index (χ0n) is 18.9. The molecule has 3 N–H and O–H groups in total. The van der Waals surface area contributed by atoms with Crippen molar-refractivity contribution in [3.05, 3.63) is 29.8 Å². The minimum atomic E-state index is -3.19. The van der Waals surface area contributed by atoms with Crippen LogP contribution in [0, 0.1) is 0 Å². The summed E-state index contributed by atoms with van der Waals surface area (Å²) in [6, 6.07) is 2.90. The number of ether oxygens (including phenoxy) is 4. The van der Waals surface area contributed by atoms with Crippen molar-refractivity contribution in [2.24, 2.45) is 0 Å². The minimum Gasteiger partial charge on any atom is -0.497 e. The van der Waals surface area contributed by atoms with Crippen LogP contribution in [0.4, 0.5) is 8.78 Å². The largest absolute Gasteiger partial charge is 0.497 e. The van der Waals surface area contributed by atoms with Gasteiger partial charge in [-0.25, -0.2) is 4.79 Å². The predicted molar refractivity (Wildman–Crippen MR) is 113 cm³/mol. The van der Waals surface area contributed by atoms with Gasteiger partial charge < -0.3 is 34.7 Å². The quantitative estimate of drug-likeness (QED) is 0.330. The molecule has 34 heavy (non-hydrogen) atoms. The molecule has 1 saturated heterocycles. The van der Waals surface area contributed by atoms with Crippen LogP contribution in [-0.2, 0) is 28.6 Å². The average molecular weight is 489 g/mol. The van der Waals surface area contributed by atoms with Crippen molar-refractivity contribution >= 4 is 17.8 Å². The molecule has 1 aromatic carbocycles. The van der Waals surface area contributed by atoms with E-state index >= 15 is 0 Å². The molecule has 1 fully saturated rings. The van der Waals surface area contributed by atoms with Crippen LogP contribution in [0.5, 0.6) is 5.75 Å². The lowest BCUT2D eigenvalue weighted by Gasteiger charge is -2.28. The molecule has 13 heteroatoms. The van der Waals surface area contributed by atoms with Gasteiger partial charge in [0.05, 0.1) is 40.6 Å². The molecular formula is C21H29F2N3O8. The van der Waals surface area contributed by atoms with Gasteiger partial charge in [0.1, 0.15) is 17.9 Å². The van der Waals surface area contributed by atoms with Gasteiger partial charge in [-0.2, -0.15) is 8.78 Å². The fourth-order valence-electron chi connectivity index (χ4n) is 3.20. The van der Waals surface area contributed by atoms with E-state index in [-0.39, 0.29) is 12.1 Å². The van der Waals surface area contributed by atoms with Crippen LogP contribution >= 0.6 is 0 Å². The maximum absolute atomic E-state index is 12.8. The van der Waals surface area contributed by atoms with Gasteiger partial charge in [-0.1, -0.05) is 12.1 Å². The monoisotopic (exact) mass is 489 g/mol. The van der Waals surface area contributed by atoms with Gasteiger partial charge >= 0.3 is 12.6 Å². The summed E-state index contributed by atoms with van der Waals surface area (Å²) in [4.78, 5) is 39.3. The van der Waals surface area contributed by atoms with E-state index < -0.39 is 49.2 Å². The van der Waals surface area contributed by atoms with Crippen molar-refractivity contribution < 1.29 is 47.2 Å². The third-order valence-electron chi connectivity index (χ3n) is 5.04.